The van der Waals surface area contributed by atoms with Crippen molar-refractivity contribution in [3.05, 3.63) is 77.9 Å². The van der Waals surface area contributed by atoms with E-state index in [1.807, 2.05) is 41.0 Å². The molecule has 7 nitrogen and oxygen atoms in total. The molecule has 0 saturated heterocycles. The van der Waals surface area contributed by atoms with Crippen molar-refractivity contribution >= 4 is 22.9 Å². The third-order valence-electron chi connectivity index (χ3n) is 4.40. The van der Waals surface area contributed by atoms with Gasteiger partial charge in [0.25, 0.3) is 0 Å². The number of imidazole rings is 1. The molecule has 0 bridgehead atoms. The van der Waals surface area contributed by atoms with E-state index >= 15 is 0 Å². The lowest BCUT2D eigenvalue weighted by Gasteiger charge is -2.11. The Bertz CT molecular complexity index is 1100. The van der Waals surface area contributed by atoms with Crippen molar-refractivity contribution < 1.29 is 9.50 Å². The van der Waals surface area contributed by atoms with Crippen LogP contribution in [0.25, 0.3) is 11.2 Å². The molecule has 29 heavy (non-hydrogen) atoms. The minimum Gasteiger partial charge on any atom is -0.395 e. The highest BCUT2D eigenvalue weighted by atomic mass is 19.1. The number of nitrogens with zero attached hydrogens (tertiary/aromatic N) is 4. The fraction of sp³-hybridized carbons (Fsp3) is 0.190. The Balaban J connectivity index is 1.66. The second kappa shape index (κ2) is 8.66. The van der Waals surface area contributed by atoms with E-state index in [9.17, 15) is 4.39 Å². The van der Waals surface area contributed by atoms with Gasteiger partial charge in [0.1, 0.15) is 5.82 Å². The molecule has 0 aliphatic carbocycles. The lowest BCUT2D eigenvalue weighted by molar-refractivity contribution is 0.311. The predicted octanol–water partition coefficient (Wildman–Crippen LogP) is 3.03. The van der Waals surface area contributed by atoms with Gasteiger partial charge in [0.2, 0.25) is 5.95 Å². The first kappa shape index (κ1) is 18.8. The van der Waals surface area contributed by atoms with Crippen molar-refractivity contribution in [2.75, 3.05) is 23.8 Å². The summed E-state index contributed by atoms with van der Waals surface area (Å²) in [5.74, 6) is 0.657. The van der Waals surface area contributed by atoms with Crippen LogP contribution in [0.3, 0.4) is 0 Å². The minimum absolute atomic E-state index is 0.0310. The maximum absolute atomic E-state index is 13.5. The highest BCUT2D eigenvalue weighted by Gasteiger charge is 2.14. The number of anilines is 2. The molecule has 0 amide bonds. The van der Waals surface area contributed by atoms with Crippen LogP contribution in [0.15, 0.2) is 60.9 Å². The van der Waals surface area contributed by atoms with Gasteiger partial charge in [-0.2, -0.15) is 9.97 Å². The Morgan fingerprint density at radius 2 is 1.79 bits per heavy atom. The van der Waals surface area contributed by atoms with Gasteiger partial charge in [0, 0.05) is 13.1 Å². The summed E-state index contributed by atoms with van der Waals surface area (Å²) in [5, 5.41) is 15.3. The van der Waals surface area contributed by atoms with Gasteiger partial charge >= 0.3 is 0 Å². The third-order valence-corrected chi connectivity index (χ3v) is 4.40. The van der Waals surface area contributed by atoms with Crippen molar-refractivity contribution in [1.82, 2.24) is 19.5 Å². The maximum Gasteiger partial charge on any atom is 0.226 e. The Morgan fingerprint density at radius 1 is 0.966 bits per heavy atom. The zero-order valence-electron chi connectivity index (χ0n) is 15.7. The second-order valence-corrected chi connectivity index (χ2v) is 6.56. The van der Waals surface area contributed by atoms with Gasteiger partial charge in [-0.3, -0.25) is 0 Å². The number of halogens is 1. The summed E-state index contributed by atoms with van der Waals surface area (Å²) < 4.78 is 15.4. The van der Waals surface area contributed by atoms with Crippen molar-refractivity contribution in [2.45, 2.75) is 13.1 Å². The van der Waals surface area contributed by atoms with E-state index in [1.54, 1.807) is 12.4 Å². The molecule has 0 fully saturated rings. The van der Waals surface area contributed by atoms with Crippen LogP contribution in [0.4, 0.5) is 16.2 Å². The first-order valence-electron chi connectivity index (χ1n) is 9.33. The van der Waals surface area contributed by atoms with Gasteiger partial charge < -0.3 is 20.3 Å². The fourth-order valence-corrected chi connectivity index (χ4v) is 3.04. The van der Waals surface area contributed by atoms with Crippen molar-refractivity contribution in [2.24, 2.45) is 0 Å². The number of aliphatic hydroxyl groups excluding tert-OH is 1. The van der Waals surface area contributed by atoms with E-state index in [4.69, 9.17) is 5.11 Å². The SMILES string of the molecule is OCCNc1nc(NCc2cccc(F)c2)c2ncn(Cc3ccccc3)c2n1. The van der Waals surface area contributed by atoms with E-state index < -0.39 is 0 Å². The van der Waals surface area contributed by atoms with Crippen LogP contribution >= 0.6 is 0 Å². The lowest BCUT2D eigenvalue weighted by Crippen LogP contribution is -2.12. The molecule has 148 valence electrons. The van der Waals surface area contributed by atoms with Crippen LogP contribution in [0.5, 0.6) is 0 Å². The standard InChI is InChI=1S/C21H21FN6O/c22-17-8-4-7-16(11-17)12-24-19-18-20(27-21(26-19)23-9-10-29)28(14-25-18)13-15-5-2-1-3-6-15/h1-8,11,14,29H,9-10,12-13H2,(H2,23,24,26,27). The molecule has 0 aliphatic rings. The van der Waals surface area contributed by atoms with Crippen LogP contribution in [-0.2, 0) is 13.1 Å². The van der Waals surface area contributed by atoms with E-state index in [0.717, 1.165) is 11.1 Å². The summed E-state index contributed by atoms with van der Waals surface area (Å²) in [6.45, 7) is 1.32. The molecule has 4 aromatic rings. The quantitative estimate of drug-likeness (QED) is 0.427. The molecule has 2 aromatic carbocycles. The molecule has 0 unspecified atom stereocenters. The molecule has 0 radical (unpaired) electrons. The molecule has 2 aromatic heterocycles. The average molecular weight is 392 g/mol. The Morgan fingerprint density at radius 3 is 2.59 bits per heavy atom. The number of fused-ring (bicyclic) bond motifs is 1. The van der Waals surface area contributed by atoms with E-state index in [1.165, 1.54) is 12.1 Å². The van der Waals surface area contributed by atoms with Gasteiger partial charge in [-0.25, -0.2) is 9.37 Å². The number of benzene rings is 2. The number of rotatable bonds is 8. The van der Waals surface area contributed by atoms with Crippen LogP contribution in [0.2, 0.25) is 0 Å². The molecule has 2 heterocycles. The number of nitrogens with one attached hydrogen (secondary N) is 2. The second-order valence-electron chi connectivity index (χ2n) is 6.56. The highest BCUT2D eigenvalue weighted by molar-refractivity contribution is 5.84. The molecular formula is C21H21FN6O. The summed E-state index contributed by atoms with van der Waals surface area (Å²) in [7, 11) is 0. The molecule has 3 N–H and O–H groups in total. The van der Waals surface area contributed by atoms with Crippen molar-refractivity contribution in [1.29, 1.82) is 0 Å². The zero-order valence-corrected chi connectivity index (χ0v) is 15.7. The molecule has 0 aliphatic heterocycles. The van der Waals surface area contributed by atoms with E-state index in [0.29, 0.717) is 42.6 Å². The van der Waals surface area contributed by atoms with Gasteiger partial charge in [-0.15, -0.1) is 0 Å². The highest BCUT2D eigenvalue weighted by Crippen LogP contribution is 2.22. The molecule has 0 spiro atoms. The molecule has 4 rings (SSSR count). The third kappa shape index (κ3) is 4.49. The fourth-order valence-electron chi connectivity index (χ4n) is 3.04. The predicted molar refractivity (Wildman–Crippen MR) is 110 cm³/mol. The minimum atomic E-state index is -0.283. The van der Waals surface area contributed by atoms with Gasteiger partial charge in [-0.1, -0.05) is 42.5 Å². The molecule has 0 atom stereocenters. The number of aromatic nitrogens is 4. The number of aliphatic hydroxyl groups is 1. The lowest BCUT2D eigenvalue weighted by atomic mass is 10.2. The summed E-state index contributed by atoms with van der Waals surface area (Å²) in [4.78, 5) is 13.5. The first-order valence-corrected chi connectivity index (χ1v) is 9.33. The van der Waals surface area contributed by atoms with Gasteiger partial charge in [0.15, 0.2) is 17.0 Å². The van der Waals surface area contributed by atoms with Crippen molar-refractivity contribution in [3.8, 4) is 0 Å². The normalized spacial score (nSPS) is 11.0. The molecular weight excluding hydrogens is 371 g/mol. The largest absolute Gasteiger partial charge is 0.395 e. The van der Waals surface area contributed by atoms with Crippen LogP contribution in [0.1, 0.15) is 11.1 Å². The Labute approximate surface area is 167 Å². The summed E-state index contributed by atoms with van der Waals surface area (Å²) in [6.07, 6.45) is 1.73. The summed E-state index contributed by atoms with van der Waals surface area (Å²) >= 11 is 0. The summed E-state index contributed by atoms with van der Waals surface area (Å²) in [5.41, 5.74) is 3.23. The maximum atomic E-state index is 13.5. The van der Waals surface area contributed by atoms with E-state index in [-0.39, 0.29) is 12.4 Å². The van der Waals surface area contributed by atoms with Gasteiger partial charge in [0.05, 0.1) is 19.5 Å². The smallest absolute Gasteiger partial charge is 0.226 e. The number of hydrogen-bond acceptors (Lipinski definition) is 6. The monoisotopic (exact) mass is 392 g/mol. The van der Waals surface area contributed by atoms with Crippen LogP contribution in [0, 0.1) is 5.82 Å². The summed E-state index contributed by atoms with van der Waals surface area (Å²) in [6, 6.07) is 16.4. The Kier molecular flexibility index (Phi) is 5.62. The first-order chi connectivity index (χ1) is 14.2. The van der Waals surface area contributed by atoms with Crippen LogP contribution in [-0.4, -0.2) is 37.8 Å². The topological polar surface area (TPSA) is 87.9 Å². The van der Waals surface area contributed by atoms with Crippen LogP contribution < -0.4 is 10.6 Å². The zero-order chi connectivity index (χ0) is 20.1. The van der Waals surface area contributed by atoms with Crippen molar-refractivity contribution in [3.63, 3.8) is 0 Å². The number of hydrogen-bond donors (Lipinski definition) is 3. The molecule has 8 heteroatoms. The van der Waals surface area contributed by atoms with E-state index in [2.05, 4.69) is 25.6 Å². The van der Waals surface area contributed by atoms with Gasteiger partial charge in [-0.05, 0) is 23.3 Å². The molecule has 0 saturated carbocycles. The average Bonchev–Trinajstić information content (AvgIpc) is 3.14. The Hall–Kier alpha value is -3.52.